The van der Waals surface area contributed by atoms with Crippen LogP contribution < -0.4 is 21.1 Å². The molecule has 2 saturated carbocycles. The number of methoxy groups -OCH3 is 1. The van der Waals surface area contributed by atoms with Crippen LogP contribution in [0.25, 0.3) is 0 Å². The number of hydrogen-bond acceptors (Lipinski definition) is 8. The quantitative estimate of drug-likeness (QED) is 0.257. The lowest BCUT2D eigenvalue weighted by atomic mass is 9.83. The molecule has 4 N–H and O–H groups in total. The summed E-state index contributed by atoms with van der Waals surface area (Å²) in [6, 6.07) is 3.00. The molecule has 0 radical (unpaired) electrons. The van der Waals surface area contributed by atoms with E-state index in [9.17, 15) is 28.8 Å². The van der Waals surface area contributed by atoms with E-state index in [1.165, 1.54) is 36.3 Å². The van der Waals surface area contributed by atoms with Gasteiger partial charge < -0.3 is 30.7 Å². The molecule has 12 heteroatoms. The lowest BCUT2D eigenvalue weighted by Gasteiger charge is -2.37. The fourth-order valence-corrected chi connectivity index (χ4v) is 6.87. The zero-order chi connectivity index (χ0) is 31.5. The van der Waals surface area contributed by atoms with Crippen LogP contribution in [0.3, 0.4) is 0 Å². The van der Waals surface area contributed by atoms with Crippen LogP contribution in [0.15, 0.2) is 24.3 Å². The van der Waals surface area contributed by atoms with Crippen molar-refractivity contribution >= 4 is 35.6 Å². The summed E-state index contributed by atoms with van der Waals surface area (Å²) in [6.45, 7) is 6.25. The van der Waals surface area contributed by atoms with Crippen molar-refractivity contribution in [2.24, 2.45) is 28.9 Å². The average Bonchev–Trinajstić information content (AvgIpc) is 3.30. The Morgan fingerprint density at radius 1 is 1.02 bits per heavy atom. The van der Waals surface area contributed by atoms with E-state index in [4.69, 9.17) is 10.5 Å². The van der Waals surface area contributed by atoms with E-state index >= 15 is 0 Å². The van der Waals surface area contributed by atoms with Gasteiger partial charge in [-0.15, -0.1) is 0 Å². The van der Waals surface area contributed by atoms with Crippen molar-refractivity contribution in [3.05, 3.63) is 29.8 Å². The fraction of sp³-hybridized carbons (Fsp3) is 0.613. The van der Waals surface area contributed by atoms with Gasteiger partial charge in [-0.05, 0) is 66.7 Å². The molecule has 1 aromatic carbocycles. The monoisotopic (exact) mass is 598 g/mol. The van der Waals surface area contributed by atoms with Crippen molar-refractivity contribution in [2.75, 3.05) is 13.7 Å². The summed E-state index contributed by atoms with van der Waals surface area (Å²) in [5.74, 6) is -3.41. The molecule has 234 valence electrons. The zero-order valence-electron chi connectivity index (χ0n) is 25.2. The molecule has 3 aliphatic rings. The second-order valence-electron chi connectivity index (χ2n) is 12.4. The Labute approximate surface area is 251 Å². The van der Waals surface area contributed by atoms with E-state index < -0.39 is 47.8 Å². The number of rotatable bonds is 11. The molecule has 2 aliphatic carbocycles. The highest BCUT2D eigenvalue weighted by Gasteiger charge is 2.69. The number of carbonyl (C=O) groups excluding carboxylic acids is 6. The number of esters is 1. The smallest absolute Gasteiger partial charge is 0.413 e. The highest BCUT2D eigenvalue weighted by Crippen LogP contribution is 2.65. The Bertz CT molecular complexity index is 1260. The van der Waals surface area contributed by atoms with Crippen LogP contribution in [0.2, 0.25) is 0 Å². The molecule has 12 nitrogen and oxygen atoms in total. The van der Waals surface area contributed by atoms with Gasteiger partial charge in [0.05, 0.1) is 18.7 Å². The summed E-state index contributed by atoms with van der Waals surface area (Å²) < 4.78 is 10.1. The molecule has 5 unspecified atom stereocenters. The van der Waals surface area contributed by atoms with Gasteiger partial charge in [0.1, 0.15) is 17.8 Å². The molecule has 4 amide bonds. The summed E-state index contributed by atoms with van der Waals surface area (Å²) in [4.78, 5) is 78.2. The predicted molar refractivity (Wildman–Crippen MR) is 155 cm³/mol. The van der Waals surface area contributed by atoms with Crippen molar-refractivity contribution in [3.63, 3.8) is 0 Å². The van der Waals surface area contributed by atoms with Crippen molar-refractivity contribution in [1.29, 1.82) is 0 Å². The Morgan fingerprint density at radius 3 is 2.26 bits per heavy atom. The first kappa shape index (κ1) is 32.0. The Kier molecular flexibility index (Phi) is 9.76. The molecule has 1 saturated heterocycles. The predicted octanol–water partition coefficient (Wildman–Crippen LogP) is 2.33. The first-order valence-electron chi connectivity index (χ1n) is 15.0. The lowest BCUT2D eigenvalue weighted by Crippen LogP contribution is -2.59. The number of ether oxygens (including phenoxy) is 2. The number of benzene rings is 1. The maximum absolute atomic E-state index is 14.2. The van der Waals surface area contributed by atoms with Crippen LogP contribution in [0.5, 0.6) is 5.75 Å². The summed E-state index contributed by atoms with van der Waals surface area (Å²) in [6.07, 6.45) is 4.29. The molecule has 3 fully saturated rings. The average molecular weight is 599 g/mol. The van der Waals surface area contributed by atoms with E-state index in [0.717, 1.165) is 32.1 Å². The number of piperidine rings is 1. The first-order valence-corrected chi connectivity index (χ1v) is 15.0. The number of fused-ring (bicyclic) bond motifs is 1. The summed E-state index contributed by atoms with van der Waals surface area (Å²) in [7, 11) is 1.27. The van der Waals surface area contributed by atoms with E-state index in [1.54, 1.807) is 0 Å². The van der Waals surface area contributed by atoms with Crippen molar-refractivity contribution in [1.82, 2.24) is 15.5 Å². The summed E-state index contributed by atoms with van der Waals surface area (Å²) in [5, 5.41) is 5.47. The first-order chi connectivity index (χ1) is 20.4. The van der Waals surface area contributed by atoms with Gasteiger partial charge in [0.2, 0.25) is 17.6 Å². The normalized spacial score (nSPS) is 23.7. The largest absolute Gasteiger partial charge is 0.465 e. The minimum absolute atomic E-state index is 0.0796. The van der Waals surface area contributed by atoms with Gasteiger partial charge in [0.15, 0.2) is 0 Å². The number of likely N-dealkylation sites (tertiary alicyclic amines) is 1. The van der Waals surface area contributed by atoms with Gasteiger partial charge >= 0.3 is 12.1 Å². The number of hydrogen-bond donors (Lipinski definition) is 3. The molecule has 0 spiro atoms. The highest BCUT2D eigenvalue weighted by molar-refractivity contribution is 6.37. The van der Waals surface area contributed by atoms with Crippen LogP contribution in [-0.4, -0.2) is 72.2 Å². The molecule has 43 heavy (non-hydrogen) atoms. The molecule has 1 aliphatic heterocycles. The maximum Gasteiger partial charge on any atom is 0.413 e. The number of primary amides is 1. The fourth-order valence-electron chi connectivity index (χ4n) is 6.87. The molecule has 1 aromatic rings. The van der Waals surface area contributed by atoms with Crippen LogP contribution in [-0.2, 0) is 23.9 Å². The highest BCUT2D eigenvalue weighted by atomic mass is 16.6. The number of Topliss-reactive ketones (excluding diaryl/α,β-unsaturated/α-hetero) is 1. The third-order valence-corrected chi connectivity index (χ3v) is 9.36. The molecular formula is C31H42N4O8. The Morgan fingerprint density at radius 2 is 1.67 bits per heavy atom. The third-order valence-electron chi connectivity index (χ3n) is 9.36. The number of nitrogens with zero attached hydrogens (tertiary/aromatic N) is 1. The molecular weight excluding hydrogens is 556 g/mol. The molecule has 0 bridgehead atoms. The topological polar surface area (TPSA) is 174 Å². The minimum Gasteiger partial charge on any atom is -0.465 e. The second kappa shape index (κ2) is 13.1. The van der Waals surface area contributed by atoms with Gasteiger partial charge in [-0.2, -0.15) is 0 Å². The number of amides is 4. The van der Waals surface area contributed by atoms with Crippen molar-refractivity contribution < 1.29 is 38.2 Å². The number of nitrogens with two attached hydrogens (primary N) is 1. The van der Waals surface area contributed by atoms with Gasteiger partial charge in [-0.25, -0.2) is 9.59 Å². The molecule has 4 rings (SSSR count). The van der Waals surface area contributed by atoms with Crippen LogP contribution in [0.1, 0.15) is 76.1 Å². The Hall–Kier alpha value is -3.96. The number of carbonyl (C=O) groups is 6. The lowest BCUT2D eigenvalue weighted by molar-refractivity contribution is -0.144. The standard InChI is InChI=1S/C31H42N4O8/c1-5-9-21(25(36)26(32)37)33-27(38)24-22-20(31(22,2)3)16-35(24)28(39)23(17-10-7-6-8-11-17)34-30(41)43-19-14-12-18(13-15-19)29(40)42-4/h12-15,17,20-24H,5-11,16H2,1-4H3,(H2,32,37)(H,33,38)(H,34,41). The van der Waals surface area contributed by atoms with Gasteiger partial charge in [-0.3, -0.25) is 19.2 Å². The van der Waals surface area contributed by atoms with E-state index in [-0.39, 0.29) is 41.2 Å². The van der Waals surface area contributed by atoms with Crippen LogP contribution >= 0.6 is 0 Å². The van der Waals surface area contributed by atoms with Gasteiger partial charge in [0.25, 0.3) is 5.91 Å². The van der Waals surface area contributed by atoms with E-state index in [1.807, 2.05) is 20.8 Å². The van der Waals surface area contributed by atoms with Crippen LogP contribution in [0, 0.1) is 23.2 Å². The SMILES string of the molecule is CCCC(NC(=O)C1C2C(CN1C(=O)C(NC(=O)Oc1ccc(C(=O)OC)cc1)C1CCCCC1)C2(C)C)C(=O)C(N)=O. The summed E-state index contributed by atoms with van der Waals surface area (Å²) >= 11 is 0. The van der Waals surface area contributed by atoms with E-state index in [0.29, 0.717) is 18.5 Å². The second-order valence-corrected chi connectivity index (χ2v) is 12.4. The maximum atomic E-state index is 14.2. The van der Waals surface area contributed by atoms with Crippen molar-refractivity contribution in [2.45, 2.75) is 83.8 Å². The van der Waals surface area contributed by atoms with Gasteiger partial charge in [-0.1, -0.05) is 46.5 Å². The third kappa shape index (κ3) is 6.83. The zero-order valence-corrected chi connectivity index (χ0v) is 25.2. The summed E-state index contributed by atoms with van der Waals surface area (Å²) in [5.41, 5.74) is 5.34. The Balaban J connectivity index is 1.54. The van der Waals surface area contributed by atoms with Crippen LogP contribution in [0.4, 0.5) is 4.79 Å². The van der Waals surface area contributed by atoms with E-state index in [2.05, 4.69) is 15.4 Å². The number of ketones is 1. The van der Waals surface area contributed by atoms with Gasteiger partial charge in [0, 0.05) is 6.54 Å². The molecule has 5 atom stereocenters. The minimum atomic E-state index is -1.12. The van der Waals surface area contributed by atoms with Crippen molar-refractivity contribution in [3.8, 4) is 5.75 Å². The molecule has 0 aromatic heterocycles. The molecule has 1 heterocycles. The number of nitrogens with one attached hydrogen (secondary N) is 2.